The van der Waals surface area contributed by atoms with Gasteiger partial charge >= 0.3 is 0 Å². The molecule has 0 unspecified atom stereocenters. The zero-order valence-electron chi connectivity index (χ0n) is 16.3. The van der Waals surface area contributed by atoms with Gasteiger partial charge in [-0.1, -0.05) is 60.1 Å². The molecule has 152 valence electrons. The van der Waals surface area contributed by atoms with Gasteiger partial charge in [0.25, 0.3) is 5.69 Å². The molecule has 0 fully saturated rings. The minimum atomic E-state index is -0.424. The first kappa shape index (κ1) is 20.3. The molecule has 4 rings (SSSR count). The van der Waals surface area contributed by atoms with Gasteiger partial charge < -0.3 is 0 Å². The highest BCUT2D eigenvalue weighted by Crippen LogP contribution is 2.24. The smallest absolute Gasteiger partial charge is 0.269 e. The van der Waals surface area contributed by atoms with E-state index in [1.54, 1.807) is 12.1 Å². The molecular weight excluding hydrogens is 412 g/mol. The molecule has 0 atom stereocenters. The van der Waals surface area contributed by atoms with E-state index in [1.807, 2.05) is 72.8 Å². The summed E-state index contributed by atoms with van der Waals surface area (Å²) in [4.78, 5) is 15.2. The number of rotatable bonds is 6. The SMILES string of the molecule is O=[N+]([O-])c1ccc(C(/C=C/c2ccccc2)=Nc2cc(-c3ccc(Cl)cc3)[nH]n2)cc1. The van der Waals surface area contributed by atoms with Gasteiger partial charge in [0.2, 0.25) is 0 Å². The minimum Gasteiger partial charge on any atom is -0.276 e. The van der Waals surface area contributed by atoms with Crippen molar-refractivity contribution in [1.29, 1.82) is 0 Å². The lowest BCUT2D eigenvalue weighted by molar-refractivity contribution is -0.384. The van der Waals surface area contributed by atoms with Crippen LogP contribution >= 0.6 is 11.6 Å². The van der Waals surface area contributed by atoms with Crippen LogP contribution in [0.3, 0.4) is 0 Å². The van der Waals surface area contributed by atoms with Crippen molar-refractivity contribution < 1.29 is 4.92 Å². The van der Waals surface area contributed by atoms with Crippen LogP contribution in [0, 0.1) is 10.1 Å². The van der Waals surface area contributed by atoms with Crippen LogP contribution in [0.5, 0.6) is 0 Å². The number of H-pyrrole nitrogens is 1. The van der Waals surface area contributed by atoms with Crippen LogP contribution < -0.4 is 0 Å². The summed E-state index contributed by atoms with van der Waals surface area (Å²) in [5, 5.41) is 18.9. The van der Waals surface area contributed by atoms with E-state index in [0.29, 0.717) is 16.6 Å². The lowest BCUT2D eigenvalue weighted by Gasteiger charge is -2.02. The van der Waals surface area contributed by atoms with Gasteiger partial charge in [-0.05, 0) is 41.5 Å². The van der Waals surface area contributed by atoms with E-state index in [4.69, 9.17) is 11.6 Å². The van der Waals surface area contributed by atoms with E-state index in [9.17, 15) is 10.1 Å². The summed E-state index contributed by atoms with van der Waals surface area (Å²) in [7, 11) is 0. The third kappa shape index (κ3) is 5.12. The highest BCUT2D eigenvalue weighted by Gasteiger charge is 2.09. The summed E-state index contributed by atoms with van der Waals surface area (Å²) in [6.45, 7) is 0. The van der Waals surface area contributed by atoms with Crippen molar-refractivity contribution in [2.75, 3.05) is 0 Å². The standard InChI is InChI=1S/C24H17ClN4O2/c25-20-11-7-19(8-12-20)23-16-24(28-27-23)26-22(15-6-17-4-2-1-3-5-17)18-9-13-21(14-10-18)29(30)31/h1-16H,(H,27,28)/b15-6+,26-22?. The van der Waals surface area contributed by atoms with Gasteiger partial charge in [0.05, 0.1) is 16.3 Å². The maximum atomic E-state index is 11.0. The van der Waals surface area contributed by atoms with E-state index < -0.39 is 4.92 Å². The number of hydrogen-bond donors (Lipinski definition) is 1. The van der Waals surface area contributed by atoms with E-state index in [0.717, 1.165) is 22.4 Å². The first-order valence-electron chi connectivity index (χ1n) is 9.46. The minimum absolute atomic E-state index is 0.0277. The summed E-state index contributed by atoms with van der Waals surface area (Å²) < 4.78 is 0. The van der Waals surface area contributed by atoms with Crippen LogP contribution in [0.1, 0.15) is 11.1 Å². The monoisotopic (exact) mass is 428 g/mol. The van der Waals surface area contributed by atoms with Crippen LogP contribution in [0.25, 0.3) is 17.3 Å². The number of aromatic amines is 1. The topological polar surface area (TPSA) is 84.2 Å². The molecule has 4 aromatic rings. The fourth-order valence-corrected chi connectivity index (χ4v) is 3.09. The number of aromatic nitrogens is 2. The molecule has 0 spiro atoms. The van der Waals surface area contributed by atoms with Crippen LogP contribution in [0.15, 0.2) is 96.0 Å². The molecule has 7 heteroatoms. The van der Waals surface area contributed by atoms with Crippen LogP contribution in [-0.4, -0.2) is 20.8 Å². The molecule has 0 bridgehead atoms. The number of nitrogens with zero attached hydrogens (tertiary/aromatic N) is 3. The van der Waals surface area contributed by atoms with Gasteiger partial charge in [-0.2, -0.15) is 5.10 Å². The zero-order chi connectivity index (χ0) is 21.6. The molecule has 0 aliphatic carbocycles. The number of benzene rings is 3. The Morgan fingerprint density at radius 2 is 1.71 bits per heavy atom. The predicted octanol–water partition coefficient (Wildman–Crippen LogP) is 6.47. The number of nitrogens with one attached hydrogen (secondary N) is 1. The Hall–Kier alpha value is -4.03. The first-order valence-corrected chi connectivity index (χ1v) is 9.84. The van der Waals surface area contributed by atoms with Gasteiger partial charge in [-0.15, -0.1) is 0 Å². The number of aliphatic imine (C=N–C) groups is 1. The largest absolute Gasteiger partial charge is 0.276 e. The Bertz CT molecular complexity index is 1250. The summed E-state index contributed by atoms with van der Waals surface area (Å²) >= 11 is 5.96. The van der Waals surface area contributed by atoms with Gasteiger partial charge in [0.1, 0.15) is 0 Å². The summed E-state index contributed by atoms with van der Waals surface area (Å²) in [5.41, 5.74) is 4.17. The molecule has 0 aliphatic rings. The molecule has 0 radical (unpaired) electrons. The maximum Gasteiger partial charge on any atom is 0.269 e. The second-order valence-corrected chi connectivity index (χ2v) is 7.13. The Balaban J connectivity index is 1.69. The molecule has 3 aromatic carbocycles. The van der Waals surface area contributed by atoms with Crippen molar-refractivity contribution in [2.24, 2.45) is 4.99 Å². The van der Waals surface area contributed by atoms with Gasteiger partial charge in [0.15, 0.2) is 5.82 Å². The highest BCUT2D eigenvalue weighted by molar-refractivity contribution is 6.30. The number of allylic oxidation sites excluding steroid dienone is 1. The van der Waals surface area contributed by atoms with Gasteiger partial charge in [-0.3, -0.25) is 15.2 Å². The molecular formula is C24H17ClN4O2. The number of hydrogen-bond acceptors (Lipinski definition) is 4. The summed E-state index contributed by atoms with van der Waals surface area (Å²) in [6.07, 6.45) is 3.81. The Kier molecular flexibility index (Phi) is 6.01. The van der Waals surface area contributed by atoms with Gasteiger partial charge in [0, 0.05) is 28.8 Å². The molecule has 6 nitrogen and oxygen atoms in total. The second-order valence-electron chi connectivity index (χ2n) is 6.69. The van der Waals surface area contributed by atoms with Crippen molar-refractivity contribution >= 4 is 34.9 Å². The second kappa shape index (κ2) is 9.19. The molecule has 1 N–H and O–H groups in total. The lowest BCUT2D eigenvalue weighted by atomic mass is 10.1. The van der Waals surface area contributed by atoms with E-state index in [2.05, 4.69) is 15.2 Å². The van der Waals surface area contributed by atoms with Crippen molar-refractivity contribution in [3.63, 3.8) is 0 Å². The van der Waals surface area contributed by atoms with Crippen molar-refractivity contribution in [3.05, 3.63) is 117 Å². The Morgan fingerprint density at radius 1 is 1.00 bits per heavy atom. The summed E-state index contributed by atoms with van der Waals surface area (Å²) in [5.74, 6) is 0.496. The summed E-state index contributed by atoms with van der Waals surface area (Å²) in [6, 6.07) is 25.4. The molecule has 31 heavy (non-hydrogen) atoms. The quantitative estimate of drug-likeness (QED) is 0.217. The molecule has 0 saturated heterocycles. The molecule has 1 heterocycles. The average Bonchev–Trinajstić information content (AvgIpc) is 3.26. The van der Waals surface area contributed by atoms with Crippen LogP contribution in [0.2, 0.25) is 5.02 Å². The van der Waals surface area contributed by atoms with E-state index in [-0.39, 0.29) is 5.69 Å². The zero-order valence-corrected chi connectivity index (χ0v) is 17.0. The predicted molar refractivity (Wildman–Crippen MR) is 124 cm³/mol. The maximum absolute atomic E-state index is 11.0. The molecule has 1 aromatic heterocycles. The fourth-order valence-electron chi connectivity index (χ4n) is 2.96. The molecule has 0 aliphatic heterocycles. The Morgan fingerprint density at radius 3 is 2.39 bits per heavy atom. The fraction of sp³-hybridized carbons (Fsp3) is 0. The van der Waals surface area contributed by atoms with Crippen LogP contribution in [0.4, 0.5) is 11.5 Å². The third-order valence-corrected chi connectivity index (χ3v) is 4.81. The molecule has 0 amide bonds. The van der Waals surface area contributed by atoms with Crippen LogP contribution in [-0.2, 0) is 0 Å². The average molecular weight is 429 g/mol. The highest BCUT2D eigenvalue weighted by atomic mass is 35.5. The number of nitro benzene ring substituents is 1. The Labute approximate surface area is 183 Å². The third-order valence-electron chi connectivity index (χ3n) is 4.56. The van der Waals surface area contributed by atoms with E-state index in [1.165, 1.54) is 12.1 Å². The molecule has 0 saturated carbocycles. The normalized spacial score (nSPS) is 11.7. The van der Waals surface area contributed by atoms with Crippen molar-refractivity contribution in [3.8, 4) is 11.3 Å². The van der Waals surface area contributed by atoms with E-state index >= 15 is 0 Å². The number of halogens is 1. The number of nitro groups is 1. The number of non-ortho nitro benzene ring substituents is 1. The first-order chi connectivity index (χ1) is 15.1. The van der Waals surface area contributed by atoms with Gasteiger partial charge in [-0.25, -0.2) is 4.99 Å². The van der Waals surface area contributed by atoms with Crippen molar-refractivity contribution in [2.45, 2.75) is 0 Å². The van der Waals surface area contributed by atoms with Crippen molar-refractivity contribution in [1.82, 2.24) is 10.2 Å². The lowest BCUT2D eigenvalue weighted by Crippen LogP contribution is -1.97.